The molecule has 0 saturated heterocycles. The minimum Gasteiger partial charge on any atom is -0.399 e. The average molecular weight is 289 g/mol. The van der Waals surface area contributed by atoms with E-state index in [1.54, 1.807) is 18.2 Å². The van der Waals surface area contributed by atoms with Crippen molar-refractivity contribution in [3.8, 4) is 0 Å². The van der Waals surface area contributed by atoms with Gasteiger partial charge in [-0.2, -0.15) is 0 Å². The summed E-state index contributed by atoms with van der Waals surface area (Å²) in [7, 11) is -3.25. The first-order valence-electron chi connectivity index (χ1n) is 6.00. The third kappa shape index (κ3) is 2.88. The molecule has 20 heavy (non-hydrogen) atoms. The van der Waals surface area contributed by atoms with E-state index in [1.807, 2.05) is 6.92 Å². The molecule has 0 atom stereocenters. The van der Waals surface area contributed by atoms with E-state index >= 15 is 0 Å². The molecule has 4 nitrogen and oxygen atoms in total. The summed E-state index contributed by atoms with van der Waals surface area (Å²) in [5, 5.41) is 0. The first kappa shape index (κ1) is 14.3. The molecule has 0 aromatic heterocycles. The van der Waals surface area contributed by atoms with E-state index in [0.29, 0.717) is 16.8 Å². The summed E-state index contributed by atoms with van der Waals surface area (Å²) in [5.74, 6) is -0.150. The van der Waals surface area contributed by atoms with Gasteiger partial charge in [0.2, 0.25) is 0 Å². The van der Waals surface area contributed by atoms with Gasteiger partial charge in [0.1, 0.15) is 0 Å². The largest absolute Gasteiger partial charge is 0.399 e. The second-order valence-electron chi connectivity index (χ2n) is 4.70. The van der Waals surface area contributed by atoms with Crippen molar-refractivity contribution in [2.75, 3.05) is 12.0 Å². The van der Waals surface area contributed by atoms with E-state index in [2.05, 4.69) is 0 Å². The Hall–Kier alpha value is -2.14. The number of hydrogen-bond donors (Lipinski definition) is 1. The van der Waals surface area contributed by atoms with Crippen LogP contribution < -0.4 is 5.73 Å². The summed E-state index contributed by atoms with van der Waals surface area (Å²) in [6.45, 7) is 1.81. The molecular weight excluding hydrogens is 274 g/mol. The van der Waals surface area contributed by atoms with Gasteiger partial charge in [-0.1, -0.05) is 0 Å². The van der Waals surface area contributed by atoms with E-state index in [9.17, 15) is 13.2 Å². The van der Waals surface area contributed by atoms with Crippen LogP contribution in [-0.4, -0.2) is 20.5 Å². The van der Waals surface area contributed by atoms with Gasteiger partial charge in [0.05, 0.1) is 4.90 Å². The SMILES string of the molecule is Cc1cc(N)ccc1C(=O)c1ccc(S(C)(=O)=O)cc1. The Morgan fingerprint density at radius 1 is 1.05 bits per heavy atom. The van der Waals surface area contributed by atoms with Crippen molar-refractivity contribution in [2.45, 2.75) is 11.8 Å². The molecule has 0 aliphatic rings. The maximum Gasteiger partial charge on any atom is 0.193 e. The van der Waals surface area contributed by atoms with Crippen LogP contribution in [0.5, 0.6) is 0 Å². The number of nitrogen functional groups attached to an aromatic ring is 1. The van der Waals surface area contributed by atoms with Gasteiger partial charge in [0.15, 0.2) is 15.6 Å². The Balaban J connectivity index is 2.39. The van der Waals surface area contributed by atoms with Crippen molar-refractivity contribution in [1.82, 2.24) is 0 Å². The number of carbonyl (C=O) groups is 1. The molecule has 0 bridgehead atoms. The minimum absolute atomic E-state index is 0.150. The second-order valence-corrected chi connectivity index (χ2v) is 6.72. The van der Waals surface area contributed by atoms with Crippen molar-refractivity contribution < 1.29 is 13.2 Å². The summed E-state index contributed by atoms with van der Waals surface area (Å²) >= 11 is 0. The van der Waals surface area contributed by atoms with Crippen molar-refractivity contribution in [1.29, 1.82) is 0 Å². The zero-order valence-electron chi connectivity index (χ0n) is 11.3. The predicted molar refractivity (Wildman–Crippen MR) is 78.6 cm³/mol. The molecule has 2 aromatic carbocycles. The first-order valence-corrected chi connectivity index (χ1v) is 7.89. The van der Waals surface area contributed by atoms with Crippen LogP contribution in [-0.2, 0) is 9.84 Å². The molecule has 0 saturated carbocycles. The van der Waals surface area contributed by atoms with Crippen molar-refractivity contribution >= 4 is 21.3 Å². The number of aryl methyl sites for hydroxylation is 1. The summed E-state index contributed by atoms with van der Waals surface area (Å²) in [4.78, 5) is 12.5. The van der Waals surface area contributed by atoms with E-state index < -0.39 is 9.84 Å². The molecule has 2 rings (SSSR count). The number of benzene rings is 2. The highest BCUT2D eigenvalue weighted by Gasteiger charge is 2.13. The van der Waals surface area contributed by atoms with E-state index in [0.717, 1.165) is 11.8 Å². The van der Waals surface area contributed by atoms with Gasteiger partial charge >= 0.3 is 0 Å². The molecule has 0 spiro atoms. The summed E-state index contributed by atoms with van der Waals surface area (Å²) in [5.41, 5.74) is 8.06. The highest BCUT2D eigenvalue weighted by Crippen LogP contribution is 2.18. The zero-order chi connectivity index (χ0) is 14.9. The predicted octanol–water partition coefficient (Wildman–Crippen LogP) is 2.21. The van der Waals surface area contributed by atoms with E-state index in [1.165, 1.54) is 24.3 Å². The summed E-state index contributed by atoms with van der Waals surface area (Å²) in [6, 6.07) is 11.0. The monoisotopic (exact) mass is 289 g/mol. The van der Waals surface area contributed by atoms with Crippen LogP contribution >= 0.6 is 0 Å². The van der Waals surface area contributed by atoms with Crippen LogP contribution in [0.15, 0.2) is 47.4 Å². The van der Waals surface area contributed by atoms with Gasteiger partial charge in [-0.3, -0.25) is 4.79 Å². The van der Waals surface area contributed by atoms with Crippen LogP contribution in [0.1, 0.15) is 21.5 Å². The number of sulfone groups is 1. The molecule has 2 N–H and O–H groups in total. The maximum absolute atomic E-state index is 12.3. The first-order chi connectivity index (χ1) is 9.29. The smallest absolute Gasteiger partial charge is 0.193 e. The molecule has 104 valence electrons. The molecule has 0 aliphatic heterocycles. The molecule has 0 radical (unpaired) electrons. The summed E-state index contributed by atoms with van der Waals surface area (Å²) in [6.07, 6.45) is 1.13. The van der Waals surface area contributed by atoms with Gasteiger partial charge in [-0.25, -0.2) is 8.42 Å². The Labute approximate surface area is 118 Å². The van der Waals surface area contributed by atoms with E-state index in [4.69, 9.17) is 5.73 Å². The number of carbonyl (C=O) groups excluding carboxylic acids is 1. The third-order valence-electron chi connectivity index (χ3n) is 3.04. The Bertz CT molecular complexity index is 762. The lowest BCUT2D eigenvalue weighted by Crippen LogP contribution is -2.05. The lowest BCUT2D eigenvalue weighted by Gasteiger charge is -2.06. The van der Waals surface area contributed by atoms with Gasteiger partial charge in [0, 0.05) is 23.1 Å². The lowest BCUT2D eigenvalue weighted by molar-refractivity contribution is 0.103. The number of rotatable bonds is 3. The third-order valence-corrected chi connectivity index (χ3v) is 4.17. The van der Waals surface area contributed by atoms with Gasteiger partial charge in [-0.05, 0) is 55.0 Å². The van der Waals surface area contributed by atoms with Gasteiger partial charge in [-0.15, -0.1) is 0 Å². The average Bonchev–Trinajstić information content (AvgIpc) is 2.37. The van der Waals surface area contributed by atoms with Gasteiger partial charge < -0.3 is 5.73 Å². The van der Waals surface area contributed by atoms with Crippen LogP contribution in [0.2, 0.25) is 0 Å². The number of anilines is 1. The Kier molecular flexibility index (Phi) is 3.63. The molecule has 2 aromatic rings. The maximum atomic E-state index is 12.3. The van der Waals surface area contributed by atoms with Crippen molar-refractivity contribution in [3.63, 3.8) is 0 Å². The van der Waals surface area contributed by atoms with Crippen molar-refractivity contribution in [3.05, 3.63) is 59.2 Å². The van der Waals surface area contributed by atoms with Crippen LogP contribution in [0.4, 0.5) is 5.69 Å². The standard InChI is InChI=1S/C15H15NO3S/c1-10-9-12(16)5-8-14(10)15(17)11-3-6-13(7-4-11)20(2,18)19/h3-9H,16H2,1-2H3. The zero-order valence-corrected chi connectivity index (χ0v) is 12.1. The molecule has 5 heteroatoms. The highest BCUT2D eigenvalue weighted by molar-refractivity contribution is 7.90. The number of hydrogen-bond acceptors (Lipinski definition) is 4. The Morgan fingerprint density at radius 2 is 1.65 bits per heavy atom. The molecule has 0 amide bonds. The van der Waals surface area contributed by atoms with Crippen LogP contribution in [0, 0.1) is 6.92 Å². The van der Waals surface area contributed by atoms with E-state index in [-0.39, 0.29) is 10.7 Å². The fraction of sp³-hybridized carbons (Fsp3) is 0.133. The van der Waals surface area contributed by atoms with Crippen LogP contribution in [0.25, 0.3) is 0 Å². The molecule has 0 unspecified atom stereocenters. The molecule has 0 heterocycles. The second kappa shape index (κ2) is 5.09. The topological polar surface area (TPSA) is 77.2 Å². The molecule has 0 aliphatic carbocycles. The van der Waals surface area contributed by atoms with Crippen LogP contribution in [0.3, 0.4) is 0 Å². The fourth-order valence-corrected chi connectivity index (χ4v) is 2.58. The van der Waals surface area contributed by atoms with Crippen molar-refractivity contribution in [2.24, 2.45) is 0 Å². The minimum atomic E-state index is -3.25. The summed E-state index contributed by atoms with van der Waals surface area (Å²) < 4.78 is 22.8. The fourth-order valence-electron chi connectivity index (χ4n) is 1.95. The molecule has 0 fully saturated rings. The van der Waals surface area contributed by atoms with Gasteiger partial charge in [0.25, 0.3) is 0 Å². The lowest BCUT2D eigenvalue weighted by atomic mass is 9.99. The number of nitrogens with two attached hydrogens (primary N) is 1. The number of ketones is 1. The Morgan fingerprint density at radius 3 is 2.15 bits per heavy atom. The highest BCUT2D eigenvalue weighted by atomic mass is 32.2. The molecular formula is C15H15NO3S. The normalized spacial score (nSPS) is 11.3. The quantitative estimate of drug-likeness (QED) is 0.694.